The van der Waals surface area contributed by atoms with Crippen molar-refractivity contribution in [3.63, 3.8) is 0 Å². The van der Waals surface area contributed by atoms with Crippen LogP contribution in [0.2, 0.25) is 5.02 Å². The van der Waals surface area contributed by atoms with E-state index in [0.29, 0.717) is 0 Å². The van der Waals surface area contributed by atoms with Gasteiger partial charge in [-0.3, -0.25) is 0 Å². The molecule has 0 atom stereocenters. The summed E-state index contributed by atoms with van der Waals surface area (Å²) in [5, 5.41) is 0.723. The summed E-state index contributed by atoms with van der Waals surface area (Å²) in [4.78, 5) is 6.88. The normalized spacial score (nSPS) is 20.3. The second-order valence-corrected chi connectivity index (χ2v) is 5.10. The molecule has 0 amide bonds. The van der Waals surface area contributed by atoms with Gasteiger partial charge >= 0.3 is 0 Å². The first-order valence-electron chi connectivity index (χ1n) is 5.71. The van der Waals surface area contributed by atoms with Gasteiger partial charge in [-0.25, -0.2) is 4.98 Å². The Labute approximate surface area is 95.3 Å². The molecule has 0 aromatic carbocycles. The molecule has 0 radical (unpaired) electrons. The Morgan fingerprint density at radius 2 is 2.07 bits per heavy atom. The minimum atomic E-state index is 0.723. The van der Waals surface area contributed by atoms with E-state index < -0.39 is 0 Å². The second-order valence-electron chi connectivity index (χ2n) is 4.66. The summed E-state index contributed by atoms with van der Waals surface area (Å²) in [6.45, 7) is 1.19. The van der Waals surface area contributed by atoms with E-state index in [-0.39, 0.29) is 0 Å². The lowest BCUT2D eigenvalue weighted by Gasteiger charge is -2.23. The standard InChI is InChI=1S/C12H15ClN2/c13-10-3-6-12(14-7-10)15(11-4-5-11)8-9-1-2-9/h3,6-7,9,11H,1-2,4-5,8H2. The highest BCUT2D eigenvalue weighted by molar-refractivity contribution is 6.30. The highest BCUT2D eigenvalue weighted by atomic mass is 35.5. The van der Waals surface area contributed by atoms with E-state index >= 15 is 0 Å². The average molecular weight is 223 g/mol. The van der Waals surface area contributed by atoms with Crippen molar-refractivity contribution >= 4 is 17.4 Å². The van der Waals surface area contributed by atoms with Gasteiger partial charge in [0.2, 0.25) is 0 Å². The molecule has 2 aliphatic rings. The Hall–Kier alpha value is -0.760. The van der Waals surface area contributed by atoms with Gasteiger partial charge in [0.15, 0.2) is 0 Å². The topological polar surface area (TPSA) is 16.1 Å². The van der Waals surface area contributed by atoms with Crippen LogP contribution in [0.4, 0.5) is 5.82 Å². The zero-order chi connectivity index (χ0) is 10.3. The number of hydrogen-bond acceptors (Lipinski definition) is 2. The van der Waals surface area contributed by atoms with Gasteiger partial charge in [-0.2, -0.15) is 0 Å². The lowest BCUT2D eigenvalue weighted by atomic mass is 10.3. The maximum atomic E-state index is 5.85. The summed E-state index contributed by atoms with van der Waals surface area (Å²) < 4.78 is 0. The summed E-state index contributed by atoms with van der Waals surface area (Å²) in [7, 11) is 0. The minimum Gasteiger partial charge on any atom is -0.353 e. The van der Waals surface area contributed by atoms with E-state index in [2.05, 4.69) is 9.88 Å². The number of anilines is 1. The first kappa shape index (κ1) is 9.46. The Bertz CT molecular complexity index is 341. The summed E-state index contributed by atoms with van der Waals surface area (Å²) in [5.74, 6) is 2.02. The summed E-state index contributed by atoms with van der Waals surface area (Å²) >= 11 is 5.85. The molecular weight excluding hydrogens is 208 g/mol. The maximum Gasteiger partial charge on any atom is 0.128 e. The molecule has 2 aliphatic carbocycles. The maximum absolute atomic E-state index is 5.85. The van der Waals surface area contributed by atoms with Crippen molar-refractivity contribution in [1.29, 1.82) is 0 Å². The molecule has 2 nitrogen and oxygen atoms in total. The molecule has 1 aromatic heterocycles. The highest BCUT2D eigenvalue weighted by Gasteiger charge is 2.34. The van der Waals surface area contributed by atoms with Crippen molar-refractivity contribution in [3.8, 4) is 0 Å². The van der Waals surface area contributed by atoms with E-state index in [9.17, 15) is 0 Å². The largest absolute Gasteiger partial charge is 0.353 e. The molecular formula is C12H15ClN2. The first-order chi connectivity index (χ1) is 7.33. The van der Waals surface area contributed by atoms with Crippen molar-refractivity contribution in [1.82, 2.24) is 4.98 Å². The average Bonchev–Trinajstić information content (AvgIpc) is 3.10. The highest BCUT2D eigenvalue weighted by Crippen LogP contribution is 2.37. The number of nitrogens with zero attached hydrogens (tertiary/aromatic N) is 2. The number of aromatic nitrogens is 1. The smallest absolute Gasteiger partial charge is 0.128 e. The Morgan fingerprint density at radius 1 is 1.27 bits per heavy atom. The molecule has 1 aromatic rings. The van der Waals surface area contributed by atoms with E-state index in [4.69, 9.17) is 11.6 Å². The van der Waals surface area contributed by atoms with Gasteiger partial charge in [0.1, 0.15) is 5.82 Å². The van der Waals surface area contributed by atoms with Crippen LogP contribution in [0.25, 0.3) is 0 Å². The van der Waals surface area contributed by atoms with Crippen molar-refractivity contribution in [2.24, 2.45) is 5.92 Å². The van der Waals surface area contributed by atoms with Crippen LogP contribution in [0, 0.1) is 5.92 Å². The van der Waals surface area contributed by atoms with E-state index in [1.54, 1.807) is 6.20 Å². The van der Waals surface area contributed by atoms with E-state index in [0.717, 1.165) is 22.8 Å². The molecule has 80 valence electrons. The van der Waals surface area contributed by atoms with Crippen molar-refractivity contribution in [2.45, 2.75) is 31.7 Å². The van der Waals surface area contributed by atoms with Crippen LogP contribution in [0.15, 0.2) is 18.3 Å². The third-order valence-electron chi connectivity index (χ3n) is 3.15. The molecule has 0 unspecified atom stereocenters. The van der Waals surface area contributed by atoms with Crippen LogP contribution in [-0.4, -0.2) is 17.6 Å². The Morgan fingerprint density at radius 3 is 2.60 bits per heavy atom. The summed E-state index contributed by atoms with van der Waals surface area (Å²) in [6, 6.07) is 4.73. The molecule has 0 spiro atoms. The molecule has 0 N–H and O–H groups in total. The Kier molecular flexibility index (Phi) is 2.32. The quantitative estimate of drug-likeness (QED) is 0.778. The summed E-state index contributed by atoms with van der Waals surface area (Å²) in [5.41, 5.74) is 0. The molecule has 3 rings (SSSR count). The third-order valence-corrected chi connectivity index (χ3v) is 3.37. The zero-order valence-electron chi connectivity index (χ0n) is 8.69. The van der Waals surface area contributed by atoms with Crippen molar-refractivity contribution < 1.29 is 0 Å². The van der Waals surface area contributed by atoms with E-state index in [1.807, 2.05) is 12.1 Å². The number of rotatable bonds is 4. The fraction of sp³-hybridized carbons (Fsp3) is 0.583. The molecule has 3 heteroatoms. The zero-order valence-corrected chi connectivity index (χ0v) is 9.45. The SMILES string of the molecule is Clc1ccc(N(CC2CC2)C2CC2)nc1. The fourth-order valence-corrected chi connectivity index (χ4v) is 2.04. The van der Waals surface area contributed by atoms with Gasteiger partial charge < -0.3 is 4.90 Å². The predicted molar refractivity (Wildman–Crippen MR) is 62.3 cm³/mol. The van der Waals surface area contributed by atoms with Crippen LogP contribution in [0.3, 0.4) is 0 Å². The molecule has 15 heavy (non-hydrogen) atoms. The van der Waals surface area contributed by atoms with Crippen LogP contribution in [0.1, 0.15) is 25.7 Å². The number of halogens is 1. The van der Waals surface area contributed by atoms with Gasteiger partial charge in [0.25, 0.3) is 0 Å². The lowest BCUT2D eigenvalue weighted by molar-refractivity contribution is 0.709. The number of pyridine rings is 1. The van der Waals surface area contributed by atoms with Crippen LogP contribution >= 0.6 is 11.6 Å². The minimum absolute atomic E-state index is 0.723. The third kappa shape index (κ3) is 2.25. The predicted octanol–water partition coefficient (Wildman–Crippen LogP) is 3.11. The number of hydrogen-bond donors (Lipinski definition) is 0. The molecule has 0 bridgehead atoms. The summed E-state index contributed by atoms with van der Waals surface area (Å²) in [6.07, 6.45) is 7.21. The molecule has 0 aliphatic heterocycles. The molecule has 0 saturated heterocycles. The van der Waals surface area contributed by atoms with Crippen LogP contribution < -0.4 is 4.90 Å². The van der Waals surface area contributed by atoms with Gasteiger partial charge in [0.05, 0.1) is 5.02 Å². The van der Waals surface area contributed by atoms with Crippen molar-refractivity contribution in [2.75, 3.05) is 11.4 Å². The van der Waals surface area contributed by atoms with Crippen LogP contribution in [-0.2, 0) is 0 Å². The first-order valence-corrected chi connectivity index (χ1v) is 6.09. The van der Waals surface area contributed by atoms with Crippen molar-refractivity contribution in [3.05, 3.63) is 23.4 Å². The van der Waals surface area contributed by atoms with Crippen LogP contribution in [0.5, 0.6) is 0 Å². The van der Waals surface area contributed by atoms with E-state index in [1.165, 1.54) is 32.2 Å². The lowest BCUT2D eigenvalue weighted by Crippen LogP contribution is -2.28. The second kappa shape index (κ2) is 3.67. The monoisotopic (exact) mass is 222 g/mol. The van der Waals surface area contributed by atoms with Gasteiger partial charge in [0, 0.05) is 18.8 Å². The fourth-order valence-electron chi connectivity index (χ4n) is 1.93. The molecule has 1 heterocycles. The Balaban J connectivity index is 1.77. The molecule has 2 fully saturated rings. The van der Waals surface area contributed by atoms with Gasteiger partial charge in [-0.05, 0) is 43.7 Å². The van der Waals surface area contributed by atoms with Gasteiger partial charge in [-0.1, -0.05) is 11.6 Å². The van der Waals surface area contributed by atoms with Gasteiger partial charge in [-0.15, -0.1) is 0 Å². The molecule has 2 saturated carbocycles.